The minimum Gasteiger partial charge on any atom is -0.389 e. The van der Waals surface area contributed by atoms with Crippen LogP contribution in [0.1, 0.15) is 44.2 Å². The predicted octanol–water partition coefficient (Wildman–Crippen LogP) is 2.62. The standard InChI is InChI=1S/C18H27FN2O2/c1-14(20-13-18(22)6-2-3-7-18)15-4-5-17(16(19)12-15)21-8-10-23-11-9-21/h4-5,12,14,20,22H,2-3,6-11,13H2,1H3. The third kappa shape index (κ3) is 4.03. The Balaban J connectivity index is 1.62. The molecule has 3 rings (SSSR count). The lowest BCUT2D eigenvalue weighted by Crippen LogP contribution is -2.39. The summed E-state index contributed by atoms with van der Waals surface area (Å²) in [5.74, 6) is -0.183. The van der Waals surface area contributed by atoms with Crippen LogP contribution in [0.15, 0.2) is 18.2 Å². The maximum absolute atomic E-state index is 14.5. The number of nitrogens with one attached hydrogen (secondary N) is 1. The highest BCUT2D eigenvalue weighted by atomic mass is 19.1. The minimum atomic E-state index is -0.583. The van der Waals surface area contributed by atoms with Crippen molar-refractivity contribution in [3.63, 3.8) is 0 Å². The van der Waals surface area contributed by atoms with Gasteiger partial charge in [0.1, 0.15) is 5.82 Å². The van der Waals surface area contributed by atoms with Crippen LogP contribution >= 0.6 is 0 Å². The molecule has 0 radical (unpaired) electrons. The molecule has 1 saturated heterocycles. The number of rotatable bonds is 5. The first kappa shape index (κ1) is 16.7. The molecule has 4 nitrogen and oxygen atoms in total. The normalized spacial score (nSPS) is 22.3. The zero-order valence-electron chi connectivity index (χ0n) is 13.9. The largest absolute Gasteiger partial charge is 0.389 e. The van der Waals surface area contributed by atoms with Crippen molar-refractivity contribution in [3.8, 4) is 0 Å². The summed E-state index contributed by atoms with van der Waals surface area (Å²) in [5.41, 5.74) is 0.986. The molecule has 1 saturated carbocycles. The van der Waals surface area contributed by atoms with Gasteiger partial charge >= 0.3 is 0 Å². The highest BCUT2D eigenvalue weighted by Crippen LogP contribution is 2.30. The molecular weight excluding hydrogens is 295 g/mol. The van der Waals surface area contributed by atoms with Crippen molar-refractivity contribution in [1.82, 2.24) is 5.32 Å². The second-order valence-electron chi connectivity index (χ2n) is 6.84. The van der Waals surface area contributed by atoms with E-state index in [1.54, 1.807) is 6.07 Å². The Morgan fingerprint density at radius 3 is 2.65 bits per heavy atom. The number of aliphatic hydroxyl groups is 1. The molecule has 5 heteroatoms. The van der Waals surface area contributed by atoms with Gasteiger partial charge in [0.15, 0.2) is 0 Å². The summed E-state index contributed by atoms with van der Waals surface area (Å²) in [6, 6.07) is 5.47. The Kier molecular flexibility index (Phi) is 5.19. The molecule has 1 aromatic carbocycles. The first-order valence-corrected chi connectivity index (χ1v) is 8.65. The van der Waals surface area contributed by atoms with E-state index in [2.05, 4.69) is 5.32 Å². The maximum Gasteiger partial charge on any atom is 0.146 e. The van der Waals surface area contributed by atoms with Crippen LogP contribution < -0.4 is 10.2 Å². The average Bonchev–Trinajstić information content (AvgIpc) is 3.00. The van der Waals surface area contributed by atoms with Crippen molar-refractivity contribution in [3.05, 3.63) is 29.6 Å². The summed E-state index contributed by atoms with van der Waals surface area (Å²) in [6.45, 7) is 5.35. The summed E-state index contributed by atoms with van der Waals surface area (Å²) >= 11 is 0. The van der Waals surface area contributed by atoms with Gasteiger partial charge in [0.2, 0.25) is 0 Å². The highest BCUT2D eigenvalue weighted by Gasteiger charge is 2.31. The van der Waals surface area contributed by atoms with Crippen molar-refractivity contribution < 1.29 is 14.2 Å². The van der Waals surface area contributed by atoms with Crippen molar-refractivity contribution in [1.29, 1.82) is 0 Å². The molecule has 2 fully saturated rings. The van der Waals surface area contributed by atoms with E-state index in [0.717, 1.165) is 44.3 Å². The van der Waals surface area contributed by atoms with Crippen molar-refractivity contribution in [2.24, 2.45) is 0 Å². The fraction of sp³-hybridized carbons (Fsp3) is 0.667. The Morgan fingerprint density at radius 1 is 1.30 bits per heavy atom. The summed E-state index contributed by atoms with van der Waals surface area (Å²) in [6.07, 6.45) is 3.90. The lowest BCUT2D eigenvalue weighted by Gasteiger charge is -2.30. The summed E-state index contributed by atoms with van der Waals surface area (Å²) in [5, 5.41) is 13.8. The van der Waals surface area contributed by atoms with Gasteiger partial charge in [-0.1, -0.05) is 18.9 Å². The molecule has 0 amide bonds. The number of morpholine rings is 1. The van der Waals surface area contributed by atoms with E-state index in [1.807, 2.05) is 24.0 Å². The molecule has 0 spiro atoms. The number of hydrogen-bond donors (Lipinski definition) is 2. The second kappa shape index (κ2) is 7.16. The van der Waals surface area contributed by atoms with Crippen LogP contribution in [0.3, 0.4) is 0 Å². The van der Waals surface area contributed by atoms with Crippen molar-refractivity contribution >= 4 is 5.69 Å². The van der Waals surface area contributed by atoms with Crippen molar-refractivity contribution in [2.45, 2.75) is 44.2 Å². The van der Waals surface area contributed by atoms with Crippen molar-refractivity contribution in [2.75, 3.05) is 37.7 Å². The Hall–Kier alpha value is -1.17. The van der Waals surface area contributed by atoms with Gasteiger partial charge in [0, 0.05) is 25.7 Å². The maximum atomic E-state index is 14.5. The molecule has 1 aliphatic carbocycles. The third-order valence-corrected chi connectivity index (χ3v) is 5.10. The van der Waals surface area contributed by atoms with Crippen LogP contribution in [0.25, 0.3) is 0 Å². The molecule has 2 N–H and O–H groups in total. The molecule has 1 heterocycles. The number of benzene rings is 1. The fourth-order valence-electron chi connectivity index (χ4n) is 3.52. The third-order valence-electron chi connectivity index (χ3n) is 5.10. The molecular formula is C18H27FN2O2. The van der Waals surface area contributed by atoms with Crippen LogP contribution in [0, 0.1) is 5.82 Å². The van der Waals surface area contributed by atoms with E-state index in [-0.39, 0.29) is 11.9 Å². The Labute approximate surface area is 137 Å². The number of halogens is 1. The van der Waals surface area contributed by atoms with Crippen LogP contribution in [0.5, 0.6) is 0 Å². The van der Waals surface area contributed by atoms with E-state index in [1.165, 1.54) is 0 Å². The quantitative estimate of drug-likeness (QED) is 0.875. The smallest absolute Gasteiger partial charge is 0.146 e. The number of anilines is 1. The van der Waals surface area contributed by atoms with Crippen LogP contribution in [-0.2, 0) is 4.74 Å². The second-order valence-corrected chi connectivity index (χ2v) is 6.84. The number of ether oxygens (including phenoxy) is 1. The van der Waals surface area contributed by atoms with Gasteiger partial charge in [-0.15, -0.1) is 0 Å². The zero-order valence-corrected chi connectivity index (χ0v) is 13.9. The first-order chi connectivity index (χ1) is 11.1. The highest BCUT2D eigenvalue weighted by molar-refractivity contribution is 5.49. The average molecular weight is 322 g/mol. The molecule has 2 aliphatic rings. The van der Waals surface area contributed by atoms with Gasteiger partial charge in [-0.2, -0.15) is 0 Å². The molecule has 1 aromatic rings. The molecule has 1 unspecified atom stereocenters. The first-order valence-electron chi connectivity index (χ1n) is 8.65. The predicted molar refractivity (Wildman–Crippen MR) is 89.3 cm³/mol. The Morgan fingerprint density at radius 2 is 2.00 bits per heavy atom. The number of nitrogens with zero attached hydrogens (tertiary/aromatic N) is 1. The molecule has 1 atom stereocenters. The topological polar surface area (TPSA) is 44.7 Å². The SMILES string of the molecule is CC(NCC1(O)CCCC1)c1ccc(N2CCOCC2)c(F)c1. The van der Waals surface area contributed by atoms with Gasteiger partial charge in [0.25, 0.3) is 0 Å². The number of hydrogen-bond acceptors (Lipinski definition) is 4. The molecule has 0 aromatic heterocycles. The molecule has 0 bridgehead atoms. The zero-order chi connectivity index (χ0) is 16.3. The fourth-order valence-corrected chi connectivity index (χ4v) is 3.52. The van der Waals surface area contributed by atoms with Gasteiger partial charge in [-0.3, -0.25) is 0 Å². The van der Waals surface area contributed by atoms with Crippen LogP contribution in [0.4, 0.5) is 10.1 Å². The van der Waals surface area contributed by atoms with E-state index >= 15 is 0 Å². The van der Waals surface area contributed by atoms with Gasteiger partial charge < -0.3 is 20.1 Å². The Bertz CT molecular complexity index is 526. The van der Waals surface area contributed by atoms with Crippen LogP contribution in [0.2, 0.25) is 0 Å². The summed E-state index contributed by atoms with van der Waals surface area (Å²) < 4.78 is 19.8. The van der Waals surface area contributed by atoms with Gasteiger partial charge in [0.05, 0.1) is 24.5 Å². The molecule has 1 aliphatic heterocycles. The van der Waals surface area contributed by atoms with E-state index in [0.29, 0.717) is 25.4 Å². The molecule has 23 heavy (non-hydrogen) atoms. The van der Waals surface area contributed by atoms with Gasteiger partial charge in [-0.05, 0) is 37.5 Å². The minimum absolute atomic E-state index is 0.0212. The summed E-state index contributed by atoms with van der Waals surface area (Å²) in [7, 11) is 0. The van der Waals surface area contributed by atoms with E-state index in [4.69, 9.17) is 4.74 Å². The monoisotopic (exact) mass is 322 g/mol. The summed E-state index contributed by atoms with van der Waals surface area (Å²) in [4.78, 5) is 2.03. The van der Waals surface area contributed by atoms with E-state index in [9.17, 15) is 9.50 Å². The van der Waals surface area contributed by atoms with Crippen LogP contribution in [-0.4, -0.2) is 43.6 Å². The lowest BCUT2D eigenvalue weighted by atomic mass is 10.0. The van der Waals surface area contributed by atoms with Gasteiger partial charge in [-0.25, -0.2) is 4.39 Å². The van der Waals surface area contributed by atoms with E-state index < -0.39 is 5.60 Å². The molecule has 128 valence electrons. The lowest BCUT2D eigenvalue weighted by molar-refractivity contribution is 0.0453.